The molecule has 48 heavy (non-hydrogen) atoms. The fourth-order valence-electron chi connectivity index (χ4n) is 6.20. The minimum Gasteiger partial charge on any atom is -0.506 e. The predicted molar refractivity (Wildman–Crippen MR) is 181 cm³/mol. The van der Waals surface area contributed by atoms with Gasteiger partial charge in [0.2, 0.25) is 5.95 Å². The van der Waals surface area contributed by atoms with E-state index in [1.165, 1.54) is 42.1 Å². The van der Waals surface area contributed by atoms with Gasteiger partial charge in [-0.3, -0.25) is 4.79 Å². The maximum absolute atomic E-state index is 13.6. The quantitative estimate of drug-likeness (QED) is 0.260. The molecule has 0 saturated carbocycles. The molecular formula is C33H34ClN7O6S. The number of nitrogens with zero attached hydrogens (tertiary/aromatic N) is 5. The Morgan fingerprint density at radius 2 is 2.00 bits per heavy atom. The van der Waals surface area contributed by atoms with E-state index in [2.05, 4.69) is 25.4 Å². The van der Waals surface area contributed by atoms with Crippen molar-refractivity contribution in [1.82, 2.24) is 20.1 Å². The standard InChI is InChI=1S/C33H34ClN7O6S/c1-18-30(35)33(17-47-18)9-11-41(12-10-33)32-36-14-26(38-39-32)48-25-6-4-5-21(28(25)34)37-31(45)27-22(16-42)40(2)15-20(29(27)44)19-7-8-23(43)24(13-19)46-3/h4-8,13-15,18,30,43-44H,9-12,17,35H2,1-3H3,(H,37,45)/t18-,30+/m0/s1. The van der Waals surface area contributed by atoms with E-state index in [0.29, 0.717) is 28.0 Å². The van der Waals surface area contributed by atoms with Crippen LogP contribution >= 0.6 is 23.4 Å². The number of aromatic hydroxyl groups is 1. The molecule has 0 aliphatic carbocycles. The second kappa shape index (κ2) is 13.5. The van der Waals surface area contributed by atoms with Crippen molar-refractivity contribution >= 4 is 52.4 Å². The summed E-state index contributed by atoms with van der Waals surface area (Å²) in [5.74, 6) is 1.10. The number of methoxy groups -OCH3 is 1. The molecule has 2 atom stereocenters. The number of hydrogen-bond donors (Lipinski definition) is 4. The van der Waals surface area contributed by atoms with E-state index >= 15 is 0 Å². The summed E-state index contributed by atoms with van der Waals surface area (Å²) in [5, 5.41) is 33.4. The Morgan fingerprint density at radius 1 is 1.23 bits per heavy atom. The summed E-state index contributed by atoms with van der Waals surface area (Å²) in [6.07, 6.45) is 4.94. The number of carbonyl (C=O) groups excluding carboxylic acids is 2. The zero-order valence-electron chi connectivity index (χ0n) is 26.4. The number of carbonyl (C=O) groups is 1. The van der Waals surface area contributed by atoms with Crippen LogP contribution in [-0.2, 0) is 14.3 Å². The van der Waals surface area contributed by atoms with Crippen LogP contribution in [0.25, 0.3) is 5.57 Å². The van der Waals surface area contributed by atoms with E-state index in [0.717, 1.165) is 25.9 Å². The lowest BCUT2D eigenvalue weighted by Crippen LogP contribution is -2.51. The molecule has 0 bridgehead atoms. The summed E-state index contributed by atoms with van der Waals surface area (Å²) in [6, 6.07) is 9.52. The van der Waals surface area contributed by atoms with Crippen molar-refractivity contribution in [2.45, 2.75) is 41.8 Å². The Balaban J connectivity index is 1.17. The van der Waals surface area contributed by atoms with Gasteiger partial charge in [0.25, 0.3) is 5.91 Å². The minimum atomic E-state index is -0.785. The van der Waals surface area contributed by atoms with Crippen LogP contribution in [-0.4, -0.2) is 88.1 Å². The third-order valence-corrected chi connectivity index (χ3v) is 10.5. The van der Waals surface area contributed by atoms with E-state index in [1.807, 2.05) is 6.92 Å². The van der Waals surface area contributed by atoms with Crippen molar-refractivity contribution in [2.24, 2.45) is 11.1 Å². The Morgan fingerprint density at radius 3 is 2.65 bits per heavy atom. The molecule has 1 aromatic heterocycles. The molecule has 13 nitrogen and oxygen atoms in total. The van der Waals surface area contributed by atoms with Gasteiger partial charge in [-0.25, -0.2) is 9.78 Å². The Hall–Kier alpha value is -4.59. The number of aliphatic hydroxyl groups is 1. The van der Waals surface area contributed by atoms with Gasteiger partial charge < -0.3 is 40.5 Å². The molecule has 2 aromatic carbocycles. The number of anilines is 2. The second-order valence-corrected chi connectivity index (χ2v) is 13.3. The molecule has 1 spiro atoms. The molecular weight excluding hydrogens is 658 g/mol. The lowest BCUT2D eigenvalue weighted by Gasteiger charge is -2.41. The van der Waals surface area contributed by atoms with Gasteiger partial charge in [0.05, 0.1) is 36.7 Å². The van der Waals surface area contributed by atoms with Gasteiger partial charge in [-0.1, -0.05) is 35.5 Å². The topological polar surface area (TPSA) is 176 Å². The number of phenols is 1. The number of ether oxygens (including phenoxy) is 2. The van der Waals surface area contributed by atoms with Crippen molar-refractivity contribution < 1.29 is 29.3 Å². The molecule has 3 aliphatic heterocycles. The summed E-state index contributed by atoms with van der Waals surface area (Å²) in [6.45, 7) is 4.22. The number of benzene rings is 2. The first kappa shape index (κ1) is 33.3. The highest BCUT2D eigenvalue weighted by atomic mass is 35.5. The molecule has 0 radical (unpaired) electrons. The third kappa shape index (κ3) is 6.20. The lowest BCUT2D eigenvalue weighted by molar-refractivity contribution is -0.112. The SMILES string of the molecule is COc1cc(C2=CN(C)C(=C=O)C(C(=O)Nc3cccc(Sc4cnc(N5CCC6(CC5)CO[C@@H](C)[C@H]6N)nn4)c3Cl)=C2O)ccc1O. The number of aliphatic hydroxyl groups excluding tert-OH is 1. The number of nitrogens with two attached hydrogens (primary N) is 1. The van der Waals surface area contributed by atoms with Gasteiger partial charge in [-0.2, -0.15) is 0 Å². The van der Waals surface area contributed by atoms with Crippen molar-refractivity contribution in [3.05, 3.63) is 76.4 Å². The Labute approximate surface area is 286 Å². The second-order valence-electron chi connectivity index (χ2n) is 11.9. The summed E-state index contributed by atoms with van der Waals surface area (Å²) in [7, 11) is 2.94. The van der Waals surface area contributed by atoms with Gasteiger partial charge in [0.15, 0.2) is 17.4 Å². The number of rotatable bonds is 7. The fourth-order valence-corrected chi connectivity index (χ4v) is 7.24. The predicted octanol–water partition coefficient (Wildman–Crippen LogP) is 4.18. The maximum Gasteiger partial charge on any atom is 0.262 e. The van der Waals surface area contributed by atoms with Gasteiger partial charge in [0.1, 0.15) is 22.1 Å². The Bertz CT molecular complexity index is 1860. The first-order valence-electron chi connectivity index (χ1n) is 15.2. The van der Waals surface area contributed by atoms with Gasteiger partial charge in [-0.15, -0.1) is 10.2 Å². The van der Waals surface area contributed by atoms with E-state index in [4.69, 9.17) is 26.8 Å². The molecule has 0 unspecified atom stereocenters. The molecule has 2 saturated heterocycles. The summed E-state index contributed by atoms with van der Waals surface area (Å²) in [5.41, 5.74) is 6.85. The van der Waals surface area contributed by atoms with E-state index < -0.39 is 11.7 Å². The lowest BCUT2D eigenvalue weighted by atomic mass is 9.73. The van der Waals surface area contributed by atoms with Crippen LogP contribution in [0.2, 0.25) is 5.02 Å². The molecule has 3 aliphatic rings. The van der Waals surface area contributed by atoms with Crippen molar-refractivity contribution in [3.63, 3.8) is 0 Å². The molecule has 4 heterocycles. The largest absolute Gasteiger partial charge is 0.506 e. The number of nitrogens with one attached hydrogen (secondary N) is 1. The molecule has 5 N–H and O–H groups in total. The number of allylic oxidation sites excluding steroid dienone is 1. The van der Waals surface area contributed by atoms with Crippen molar-refractivity contribution in [2.75, 3.05) is 44.1 Å². The Kier molecular flexibility index (Phi) is 9.37. The van der Waals surface area contributed by atoms with E-state index in [1.54, 1.807) is 43.5 Å². The van der Waals surface area contributed by atoms with Crippen LogP contribution in [0.5, 0.6) is 11.5 Å². The van der Waals surface area contributed by atoms with Gasteiger partial charge in [-0.05, 0) is 49.6 Å². The van der Waals surface area contributed by atoms with Crippen LogP contribution in [0.4, 0.5) is 11.6 Å². The van der Waals surface area contributed by atoms with E-state index in [-0.39, 0.29) is 56.6 Å². The minimum absolute atomic E-state index is 0.0104. The van der Waals surface area contributed by atoms with Gasteiger partial charge in [0, 0.05) is 48.3 Å². The average molecular weight is 692 g/mol. The first-order chi connectivity index (χ1) is 23.0. The number of amides is 1. The normalized spacial score (nSPS) is 20.5. The van der Waals surface area contributed by atoms with E-state index in [9.17, 15) is 19.8 Å². The van der Waals surface area contributed by atoms with Gasteiger partial charge >= 0.3 is 0 Å². The molecule has 1 amide bonds. The molecule has 15 heteroatoms. The monoisotopic (exact) mass is 691 g/mol. The number of likely N-dealkylation sites (N-methyl/N-ethyl adjacent to an activating group) is 1. The number of phenolic OH excluding ortho intramolecular Hbond substituents is 1. The number of halogens is 1. The summed E-state index contributed by atoms with van der Waals surface area (Å²) in [4.78, 5) is 34.1. The molecule has 3 aromatic rings. The highest BCUT2D eigenvalue weighted by Crippen LogP contribution is 2.42. The maximum atomic E-state index is 13.6. The fraction of sp³-hybridized carbons (Fsp3) is 0.333. The highest BCUT2D eigenvalue weighted by molar-refractivity contribution is 7.99. The van der Waals surface area contributed by atoms with Crippen LogP contribution in [0.3, 0.4) is 0 Å². The van der Waals surface area contributed by atoms with Crippen molar-refractivity contribution in [1.29, 1.82) is 0 Å². The number of aromatic nitrogens is 3. The van der Waals surface area contributed by atoms with Crippen LogP contribution in [0.1, 0.15) is 25.3 Å². The number of hydrogen-bond acceptors (Lipinski definition) is 13. The highest BCUT2D eigenvalue weighted by Gasteiger charge is 2.47. The zero-order chi connectivity index (χ0) is 34.2. The summed E-state index contributed by atoms with van der Waals surface area (Å²) >= 11 is 7.95. The molecule has 6 rings (SSSR count). The average Bonchev–Trinajstić information content (AvgIpc) is 3.36. The van der Waals surface area contributed by atoms with Crippen LogP contribution in [0, 0.1) is 5.41 Å². The van der Waals surface area contributed by atoms with Crippen molar-refractivity contribution in [3.8, 4) is 11.5 Å². The smallest absolute Gasteiger partial charge is 0.262 e. The molecule has 250 valence electrons. The number of piperidine rings is 1. The van der Waals surface area contributed by atoms with Crippen LogP contribution in [0.15, 0.2) is 75.7 Å². The first-order valence-corrected chi connectivity index (χ1v) is 16.4. The van der Waals surface area contributed by atoms with Crippen LogP contribution < -0.4 is 20.7 Å². The summed E-state index contributed by atoms with van der Waals surface area (Å²) < 4.78 is 11.0. The molecule has 2 fully saturated rings. The third-order valence-electron chi connectivity index (χ3n) is 9.06. The zero-order valence-corrected chi connectivity index (χ0v) is 28.0.